The molecule has 0 aliphatic rings. The van der Waals surface area contributed by atoms with Crippen LogP contribution in [0.2, 0.25) is 0 Å². The second kappa shape index (κ2) is 12.4. The molecule has 0 aliphatic heterocycles. The number of allylic oxidation sites excluding steroid dienone is 1. The van der Waals surface area contributed by atoms with Gasteiger partial charge in [-0.05, 0) is 77.8 Å². The number of benzene rings is 3. The number of rotatable bonds is 11. The lowest BCUT2D eigenvalue weighted by Gasteiger charge is -2.22. The number of nitrogens with zero attached hydrogens (tertiary/aromatic N) is 1. The van der Waals surface area contributed by atoms with E-state index >= 15 is 0 Å². The largest absolute Gasteiger partial charge is 0.493 e. The van der Waals surface area contributed by atoms with E-state index < -0.39 is 16.0 Å². The third kappa shape index (κ3) is 6.10. The second-order valence-corrected chi connectivity index (χ2v) is 12.8. The molecule has 1 N–H and O–H groups in total. The van der Waals surface area contributed by atoms with Gasteiger partial charge in [-0.1, -0.05) is 77.4 Å². The SMILES string of the molecule is CCCCOc1c(-c2cccc3c2cc(C(C)=CC(=O)O)n3S(=O)(=O)c2ccccc2)cc(C(C)C)cc1C(C)C. The zero-order valence-electron chi connectivity index (χ0n) is 24.6. The number of ether oxygens (including phenoxy) is 1. The van der Waals surface area contributed by atoms with Crippen molar-refractivity contribution in [3.8, 4) is 16.9 Å². The van der Waals surface area contributed by atoms with Crippen molar-refractivity contribution in [2.75, 3.05) is 6.61 Å². The number of fused-ring (bicyclic) bond motifs is 1. The lowest BCUT2D eigenvalue weighted by atomic mass is 9.88. The molecule has 4 aromatic rings. The van der Waals surface area contributed by atoms with Crippen LogP contribution in [0.4, 0.5) is 0 Å². The Labute approximate surface area is 243 Å². The van der Waals surface area contributed by atoms with E-state index in [4.69, 9.17) is 4.74 Å². The molecule has 7 heteroatoms. The van der Waals surface area contributed by atoms with Crippen LogP contribution in [0, 0.1) is 0 Å². The quantitative estimate of drug-likeness (QED) is 0.144. The molecule has 0 unspecified atom stereocenters. The third-order valence-electron chi connectivity index (χ3n) is 7.29. The number of hydrogen-bond acceptors (Lipinski definition) is 4. The Morgan fingerprint density at radius 3 is 2.27 bits per heavy atom. The van der Waals surface area contributed by atoms with Gasteiger partial charge in [0.1, 0.15) is 5.75 Å². The van der Waals surface area contributed by atoms with Gasteiger partial charge >= 0.3 is 5.97 Å². The van der Waals surface area contributed by atoms with Crippen molar-refractivity contribution in [2.45, 2.75) is 71.1 Å². The Morgan fingerprint density at radius 1 is 0.951 bits per heavy atom. The molecule has 6 nitrogen and oxygen atoms in total. The lowest BCUT2D eigenvalue weighted by Crippen LogP contribution is -2.15. The maximum atomic E-state index is 14.1. The highest BCUT2D eigenvalue weighted by atomic mass is 32.2. The number of hydrogen-bond donors (Lipinski definition) is 1. The number of unbranched alkanes of at least 4 members (excludes halogenated alkanes) is 1. The Kier molecular flexibility index (Phi) is 9.08. The number of carbonyl (C=O) groups is 1. The molecule has 0 radical (unpaired) electrons. The number of carboxylic acid groups (broad SMARTS) is 1. The summed E-state index contributed by atoms with van der Waals surface area (Å²) in [4.78, 5) is 11.8. The van der Waals surface area contributed by atoms with Crippen molar-refractivity contribution in [3.05, 3.63) is 89.6 Å². The average molecular weight is 574 g/mol. The molecule has 0 aliphatic carbocycles. The monoisotopic (exact) mass is 573 g/mol. The highest BCUT2D eigenvalue weighted by Gasteiger charge is 2.26. The molecule has 1 heterocycles. The van der Waals surface area contributed by atoms with Gasteiger partial charge in [0.2, 0.25) is 0 Å². The normalized spacial score (nSPS) is 12.4. The van der Waals surface area contributed by atoms with Gasteiger partial charge in [-0.2, -0.15) is 0 Å². The molecule has 216 valence electrons. The van der Waals surface area contributed by atoms with Crippen molar-refractivity contribution < 1.29 is 23.1 Å². The second-order valence-electron chi connectivity index (χ2n) is 11.0. The Morgan fingerprint density at radius 2 is 1.66 bits per heavy atom. The minimum absolute atomic E-state index is 0.125. The number of aliphatic carboxylic acids is 1. The zero-order valence-corrected chi connectivity index (χ0v) is 25.5. The molecule has 3 aromatic carbocycles. The molecule has 4 rings (SSSR count). The van der Waals surface area contributed by atoms with E-state index in [1.165, 1.54) is 9.54 Å². The molecule has 0 saturated heterocycles. The Balaban J connectivity index is 2.11. The first-order chi connectivity index (χ1) is 19.5. The van der Waals surface area contributed by atoms with Crippen LogP contribution in [-0.4, -0.2) is 30.1 Å². The molecular weight excluding hydrogens is 534 g/mol. The fourth-order valence-corrected chi connectivity index (χ4v) is 6.63. The first-order valence-corrected chi connectivity index (χ1v) is 15.6. The molecule has 0 saturated carbocycles. The summed E-state index contributed by atoms with van der Waals surface area (Å²) in [6.45, 7) is 12.9. The fourth-order valence-electron chi connectivity index (χ4n) is 5.05. The molecule has 0 spiro atoms. The predicted octanol–water partition coefficient (Wildman–Crippen LogP) is 8.46. The summed E-state index contributed by atoms with van der Waals surface area (Å²) in [5.74, 6) is 0.148. The summed E-state index contributed by atoms with van der Waals surface area (Å²) in [5.41, 5.74) is 5.13. The van der Waals surface area contributed by atoms with Crippen molar-refractivity contribution in [2.24, 2.45) is 0 Å². The number of aromatic nitrogens is 1. The van der Waals surface area contributed by atoms with Crippen molar-refractivity contribution in [1.29, 1.82) is 0 Å². The van der Waals surface area contributed by atoms with E-state index in [0.717, 1.165) is 41.4 Å². The molecule has 0 amide bonds. The van der Waals surface area contributed by atoms with Gasteiger partial charge in [0.15, 0.2) is 0 Å². The van der Waals surface area contributed by atoms with Crippen LogP contribution in [0.1, 0.15) is 83.0 Å². The van der Waals surface area contributed by atoms with Gasteiger partial charge in [-0.3, -0.25) is 0 Å². The fraction of sp³-hybridized carbons (Fsp3) is 0.324. The Bertz CT molecular complexity index is 1700. The van der Waals surface area contributed by atoms with E-state index in [9.17, 15) is 18.3 Å². The van der Waals surface area contributed by atoms with Gasteiger partial charge in [0.05, 0.1) is 22.7 Å². The summed E-state index contributed by atoms with van der Waals surface area (Å²) >= 11 is 0. The third-order valence-corrected chi connectivity index (χ3v) is 9.03. The molecule has 41 heavy (non-hydrogen) atoms. The Hall–Kier alpha value is -3.84. The topological polar surface area (TPSA) is 85.6 Å². The summed E-state index contributed by atoms with van der Waals surface area (Å²) in [6.07, 6.45) is 2.97. The zero-order chi connectivity index (χ0) is 29.9. The van der Waals surface area contributed by atoms with Crippen molar-refractivity contribution in [3.63, 3.8) is 0 Å². The van der Waals surface area contributed by atoms with Gasteiger partial charge < -0.3 is 9.84 Å². The van der Waals surface area contributed by atoms with E-state index in [1.54, 1.807) is 49.4 Å². The minimum Gasteiger partial charge on any atom is -0.493 e. The van der Waals surface area contributed by atoms with Crippen LogP contribution in [0.15, 0.2) is 77.7 Å². The molecule has 0 atom stereocenters. The smallest absolute Gasteiger partial charge is 0.328 e. The summed E-state index contributed by atoms with van der Waals surface area (Å²) in [6, 6.07) is 20.0. The van der Waals surface area contributed by atoms with Crippen LogP contribution in [-0.2, 0) is 14.8 Å². The van der Waals surface area contributed by atoms with Gasteiger partial charge in [0.25, 0.3) is 10.0 Å². The van der Waals surface area contributed by atoms with Crippen LogP contribution in [0.25, 0.3) is 27.6 Å². The van der Waals surface area contributed by atoms with Gasteiger partial charge in [-0.15, -0.1) is 0 Å². The maximum Gasteiger partial charge on any atom is 0.328 e. The standard InChI is InChI=1S/C34H39NO5S/c1-7-8-17-40-34-28(23(4)5)19-25(22(2)3)20-30(34)27-15-12-16-31-29(27)21-32(24(6)18-33(36)37)35(31)41(38,39)26-13-10-9-11-14-26/h9-16,18-23H,7-8,17H2,1-6H3,(H,36,37). The van der Waals surface area contributed by atoms with E-state index in [0.29, 0.717) is 28.8 Å². The van der Waals surface area contributed by atoms with Crippen LogP contribution in [0.5, 0.6) is 5.75 Å². The van der Waals surface area contributed by atoms with Crippen molar-refractivity contribution in [1.82, 2.24) is 3.97 Å². The highest BCUT2D eigenvalue weighted by molar-refractivity contribution is 7.90. The highest BCUT2D eigenvalue weighted by Crippen LogP contribution is 2.44. The summed E-state index contributed by atoms with van der Waals surface area (Å²) in [5, 5.41) is 10.2. The molecule has 1 aromatic heterocycles. The van der Waals surface area contributed by atoms with E-state index in [1.807, 2.05) is 12.1 Å². The molecular formula is C34H39NO5S. The first kappa shape index (κ1) is 30.1. The van der Waals surface area contributed by atoms with Crippen molar-refractivity contribution >= 4 is 32.5 Å². The van der Waals surface area contributed by atoms with Gasteiger partial charge in [0, 0.05) is 17.0 Å². The molecule has 0 bridgehead atoms. The molecule has 0 fully saturated rings. The van der Waals surface area contributed by atoms with Crippen LogP contribution < -0.4 is 4.74 Å². The van der Waals surface area contributed by atoms with Crippen LogP contribution >= 0.6 is 0 Å². The number of carboxylic acids is 1. The maximum absolute atomic E-state index is 14.1. The van der Waals surface area contributed by atoms with E-state index in [2.05, 4.69) is 46.8 Å². The minimum atomic E-state index is -4.05. The van der Waals surface area contributed by atoms with Crippen LogP contribution in [0.3, 0.4) is 0 Å². The van der Waals surface area contributed by atoms with Gasteiger partial charge in [-0.25, -0.2) is 17.2 Å². The predicted molar refractivity (Wildman–Crippen MR) is 166 cm³/mol. The first-order valence-electron chi connectivity index (χ1n) is 14.1. The van der Waals surface area contributed by atoms with E-state index in [-0.39, 0.29) is 16.7 Å². The summed E-state index contributed by atoms with van der Waals surface area (Å²) in [7, 11) is -4.05. The summed E-state index contributed by atoms with van der Waals surface area (Å²) < 4.78 is 35.9. The lowest BCUT2D eigenvalue weighted by molar-refractivity contribution is -0.131. The average Bonchev–Trinajstić information content (AvgIpc) is 3.34.